The molecule has 13 heavy (non-hydrogen) atoms. The van der Waals surface area contributed by atoms with Crippen LogP contribution in [-0.2, 0) is 9.47 Å². The van der Waals surface area contributed by atoms with Gasteiger partial charge in [-0.05, 0) is 25.3 Å². The van der Waals surface area contributed by atoms with Crippen LogP contribution in [0.15, 0.2) is 0 Å². The van der Waals surface area contributed by atoms with Crippen molar-refractivity contribution in [3.63, 3.8) is 0 Å². The Bertz CT molecular complexity index is 154. The van der Waals surface area contributed by atoms with Crippen LogP contribution in [0.3, 0.4) is 0 Å². The molecule has 0 radical (unpaired) electrons. The number of hydrogen-bond donors (Lipinski definition) is 0. The van der Waals surface area contributed by atoms with Crippen molar-refractivity contribution in [2.45, 2.75) is 25.9 Å². The lowest BCUT2D eigenvalue weighted by Gasteiger charge is -2.27. The second kappa shape index (κ2) is 4.40. The summed E-state index contributed by atoms with van der Waals surface area (Å²) < 4.78 is 10.7. The molecule has 3 heteroatoms. The van der Waals surface area contributed by atoms with Crippen LogP contribution in [0, 0.1) is 5.92 Å². The highest BCUT2D eigenvalue weighted by atomic mass is 16.7. The summed E-state index contributed by atoms with van der Waals surface area (Å²) in [7, 11) is 0. The zero-order valence-corrected chi connectivity index (χ0v) is 8.37. The van der Waals surface area contributed by atoms with Crippen molar-refractivity contribution in [3.8, 4) is 0 Å². The maximum Gasteiger partial charge on any atom is 0.147 e. The van der Waals surface area contributed by atoms with Gasteiger partial charge in [0, 0.05) is 13.1 Å². The third-order valence-electron chi connectivity index (χ3n) is 2.94. The Morgan fingerprint density at radius 3 is 2.92 bits per heavy atom. The van der Waals surface area contributed by atoms with Crippen LogP contribution in [0.4, 0.5) is 0 Å². The van der Waals surface area contributed by atoms with Gasteiger partial charge in [0.2, 0.25) is 0 Å². The number of rotatable bonds is 2. The van der Waals surface area contributed by atoms with Crippen LogP contribution in [0.25, 0.3) is 0 Å². The van der Waals surface area contributed by atoms with Gasteiger partial charge in [-0.2, -0.15) is 0 Å². The van der Waals surface area contributed by atoms with E-state index < -0.39 is 0 Å². The van der Waals surface area contributed by atoms with Crippen molar-refractivity contribution in [1.29, 1.82) is 0 Å². The number of ether oxygens (including phenoxy) is 2. The third-order valence-corrected chi connectivity index (χ3v) is 2.94. The van der Waals surface area contributed by atoms with E-state index in [1.165, 1.54) is 19.5 Å². The van der Waals surface area contributed by atoms with Gasteiger partial charge in [0.15, 0.2) is 0 Å². The lowest BCUT2D eigenvalue weighted by atomic mass is 10.2. The summed E-state index contributed by atoms with van der Waals surface area (Å²) in [6.45, 7) is 7.29. The fraction of sp³-hybridized carbons (Fsp3) is 1.00. The zero-order chi connectivity index (χ0) is 9.10. The molecule has 76 valence electrons. The molecule has 0 saturated carbocycles. The summed E-state index contributed by atoms with van der Waals surface area (Å²) in [5.74, 6) is 0.875. The van der Waals surface area contributed by atoms with E-state index in [9.17, 15) is 0 Å². The van der Waals surface area contributed by atoms with E-state index in [1.807, 2.05) is 0 Å². The lowest BCUT2D eigenvalue weighted by molar-refractivity contribution is -0.143. The van der Waals surface area contributed by atoms with Crippen LogP contribution in [0.5, 0.6) is 0 Å². The molecule has 0 aromatic carbocycles. The molecule has 0 aromatic rings. The first-order valence-corrected chi connectivity index (χ1v) is 5.26. The van der Waals surface area contributed by atoms with Gasteiger partial charge in [0.05, 0.1) is 12.7 Å². The average molecular weight is 185 g/mol. The van der Waals surface area contributed by atoms with Gasteiger partial charge in [0.1, 0.15) is 6.79 Å². The predicted octanol–water partition coefficient (Wildman–Crippen LogP) is 1.09. The van der Waals surface area contributed by atoms with Crippen LogP contribution in [0.1, 0.15) is 19.8 Å². The molecule has 0 bridgehead atoms. The Morgan fingerprint density at radius 1 is 1.38 bits per heavy atom. The van der Waals surface area contributed by atoms with Crippen molar-refractivity contribution < 1.29 is 9.47 Å². The molecule has 2 aliphatic rings. The van der Waals surface area contributed by atoms with E-state index in [2.05, 4.69) is 11.8 Å². The largest absolute Gasteiger partial charge is 0.355 e. The fourth-order valence-electron chi connectivity index (χ4n) is 2.13. The van der Waals surface area contributed by atoms with Crippen molar-refractivity contribution in [2.75, 3.05) is 33.0 Å². The molecule has 0 spiro atoms. The summed E-state index contributed by atoms with van der Waals surface area (Å²) in [5.41, 5.74) is 0. The molecular formula is C10H19NO2. The first-order chi connectivity index (χ1) is 6.34. The van der Waals surface area contributed by atoms with E-state index in [0.717, 1.165) is 25.5 Å². The summed E-state index contributed by atoms with van der Waals surface area (Å²) >= 11 is 0. The minimum absolute atomic E-state index is 0.416. The Morgan fingerprint density at radius 2 is 2.31 bits per heavy atom. The molecule has 2 aliphatic heterocycles. The molecular weight excluding hydrogens is 166 g/mol. The van der Waals surface area contributed by atoms with Gasteiger partial charge in [-0.1, -0.05) is 6.92 Å². The normalized spacial score (nSPS) is 36.7. The van der Waals surface area contributed by atoms with Crippen LogP contribution < -0.4 is 0 Å². The number of hydrogen-bond acceptors (Lipinski definition) is 3. The molecule has 3 nitrogen and oxygen atoms in total. The van der Waals surface area contributed by atoms with E-state index >= 15 is 0 Å². The van der Waals surface area contributed by atoms with E-state index in [-0.39, 0.29) is 0 Å². The Kier molecular flexibility index (Phi) is 3.19. The maximum atomic E-state index is 5.51. The molecule has 2 saturated heterocycles. The summed E-state index contributed by atoms with van der Waals surface area (Å²) in [6.07, 6.45) is 2.83. The van der Waals surface area contributed by atoms with Gasteiger partial charge in [-0.25, -0.2) is 0 Å². The summed E-state index contributed by atoms with van der Waals surface area (Å²) in [5, 5.41) is 0. The van der Waals surface area contributed by atoms with Crippen molar-refractivity contribution in [1.82, 2.24) is 4.90 Å². The monoisotopic (exact) mass is 185 g/mol. The van der Waals surface area contributed by atoms with E-state index in [4.69, 9.17) is 9.47 Å². The summed E-state index contributed by atoms with van der Waals surface area (Å²) in [6, 6.07) is 0. The van der Waals surface area contributed by atoms with Crippen LogP contribution in [-0.4, -0.2) is 44.0 Å². The topological polar surface area (TPSA) is 21.7 Å². The van der Waals surface area contributed by atoms with E-state index in [0.29, 0.717) is 12.9 Å². The predicted molar refractivity (Wildman–Crippen MR) is 50.5 cm³/mol. The molecule has 2 heterocycles. The molecule has 0 aromatic heterocycles. The molecule has 0 N–H and O–H groups in total. The highest BCUT2D eigenvalue weighted by Gasteiger charge is 2.23. The molecule has 0 aliphatic carbocycles. The number of nitrogens with zero attached hydrogens (tertiary/aromatic N) is 1. The van der Waals surface area contributed by atoms with Gasteiger partial charge in [-0.15, -0.1) is 0 Å². The smallest absolute Gasteiger partial charge is 0.147 e. The molecule has 2 rings (SSSR count). The highest BCUT2D eigenvalue weighted by molar-refractivity contribution is 4.75. The van der Waals surface area contributed by atoms with Gasteiger partial charge in [-0.3, -0.25) is 0 Å². The highest BCUT2D eigenvalue weighted by Crippen LogP contribution is 2.17. The molecule has 2 atom stereocenters. The van der Waals surface area contributed by atoms with Crippen molar-refractivity contribution in [3.05, 3.63) is 0 Å². The average Bonchev–Trinajstić information content (AvgIpc) is 2.53. The zero-order valence-electron chi connectivity index (χ0n) is 8.37. The minimum atomic E-state index is 0.416. The summed E-state index contributed by atoms with van der Waals surface area (Å²) in [4.78, 5) is 2.51. The maximum absolute atomic E-state index is 5.51. The van der Waals surface area contributed by atoms with Crippen LogP contribution in [0.2, 0.25) is 0 Å². The van der Waals surface area contributed by atoms with E-state index in [1.54, 1.807) is 0 Å². The van der Waals surface area contributed by atoms with Crippen molar-refractivity contribution in [2.24, 2.45) is 5.92 Å². The standard InChI is InChI=1S/C10H19NO2/c1-9-2-4-11(6-9)7-10-3-5-12-8-13-10/h9-10H,2-8H2,1H3. The fourth-order valence-corrected chi connectivity index (χ4v) is 2.13. The van der Waals surface area contributed by atoms with Crippen LogP contribution >= 0.6 is 0 Å². The molecule has 2 unspecified atom stereocenters. The molecule has 2 fully saturated rings. The SMILES string of the molecule is CC1CCN(CC2CCOCO2)C1. The lowest BCUT2D eigenvalue weighted by Crippen LogP contribution is -2.36. The minimum Gasteiger partial charge on any atom is -0.355 e. The number of likely N-dealkylation sites (tertiary alicyclic amines) is 1. The molecule has 0 amide bonds. The third kappa shape index (κ3) is 2.66. The Balaban J connectivity index is 1.71. The Labute approximate surface area is 80.0 Å². The van der Waals surface area contributed by atoms with Gasteiger partial charge >= 0.3 is 0 Å². The second-order valence-corrected chi connectivity index (χ2v) is 4.26. The van der Waals surface area contributed by atoms with Gasteiger partial charge in [0.25, 0.3) is 0 Å². The van der Waals surface area contributed by atoms with Gasteiger partial charge < -0.3 is 14.4 Å². The Hall–Kier alpha value is -0.120. The second-order valence-electron chi connectivity index (χ2n) is 4.26. The van der Waals surface area contributed by atoms with Crippen molar-refractivity contribution >= 4 is 0 Å². The first-order valence-electron chi connectivity index (χ1n) is 5.26. The quantitative estimate of drug-likeness (QED) is 0.643. The first kappa shape index (κ1) is 9.44.